The fourth-order valence-electron chi connectivity index (χ4n) is 1.53. The highest BCUT2D eigenvalue weighted by Crippen LogP contribution is 2.18. The second kappa shape index (κ2) is 6.01. The van der Waals surface area contributed by atoms with Crippen molar-refractivity contribution in [2.24, 2.45) is 0 Å². The summed E-state index contributed by atoms with van der Waals surface area (Å²) in [7, 11) is 0. The number of hydrogen-bond donors (Lipinski definition) is 1. The van der Waals surface area contributed by atoms with Crippen molar-refractivity contribution in [1.29, 1.82) is 0 Å². The molecule has 1 nitrogen and oxygen atoms in total. The molecule has 88 valence electrons. The van der Waals surface area contributed by atoms with Crippen molar-refractivity contribution in [1.82, 2.24) is 0 Å². The van der Waals surface area contributed by atoms with Gasteiger partial charge in [0.15, 0.2) is 0 Å². The number of halogens is 1. The highest BCUT2D eigenvalue weighted by atomic mass is 35.5. The van der Waals surface area contributed by atoms with Crippen LogP contribution in [0.5, 0.6) is 0 Å². The molecule has 0 spiro atoms. The lowest BCUT2D eigenvalue weighted by molar-refractivity contribution is 0.300. The van der Waals surface area contributed by atoms with Crippen molar-refractivity contribution in [3.63, 3.8) is 0 Å². The summed E-state index contributed by atoms with van der Waals surface area (Å²) in [5.74, 6) is 0. The molecule has 0 radical (unpaired) electrons. The first-order valence-electron chi connectivity index (χ1n) is 5.40. The van der Waals surface area contributed by atoms with Crippen LogP contribution in [0.2, 0.25) is 5.02 Å². The second-order valence-corrected chi connectivity index (χ2v) is 5.14. The van der Waals surface area contributed by atoms with Crippen LogP contribution in [0.1, 0.15) is 16.0 Å². The topological polar surface area (TPSA) is 20.2 Å². The van der Waals surface area contributed by atoms with Gasteiger partial charge in [0.2, 0.25) is 0 Å². The zero-order valence-corrected chi connectivity index (χ0v) is 10.8. The van der Waals surface area contributed by atoms with Gasteiger partial charge in [0, 0.05) is 22.9 Å². The lowest BCUT2D eigenvalue weighted by atomic mass is 10.2. The highest BCUT2D eigenvalue weighted by molar-refractivity contribution is 7.10. The largest absolute Gasteiger partial charge is 0.396 e. The molecule has 1 aromatic carbocycles. The molecule has 17 heavy (non-hydrogen) atoms. The maximum atomic E-state index is 8.84. The van der Waals surface area contributed by atoms with Gasteiger partial charge in [-0.25, -0.2) is 0 Å². The third-order valence-corrected chi connectivity index (χ3v) is 3.60. The Balaban J connectivity index is 2.09. The summed E-state index contributed by atoms with van der Waals surface area (Å²) < 4.78 is 0. The molecule has 0 aliphatic rings. The zero-order valence-electron chi connectivity index (χ0n) is 9.27. The van der Waals surface area contributed by atoms with Gasteiger partial charge in [0.1, 0.15) is 0 Å². The van der Waals surface area contributed by atoms with Crippen LogP contribution in [0.4, 0.5) is 0 Å². The molecule has 1 aromatic heterocycles. The van der Waals surface area contributed by atoms with Crippen LogP contribution in [0.25, 0.3) is 12.2 Å². The second-order valence-electron chi connectivity index (χ2n) is 3.71. The number of thiophene rings is 1. The lowest BCUT2D eigenvalue weighted by Crippen LogP contribution is -1.84. The Hall–Kier alpha value is -1.09. The molecule has 2 aromatic rings. The van der Waals surface area contributed by atoms with E-state index in [1.807, 2.05) is 30.3 Å². The van der Waals surface area contributed by atoms with Crippen molar-refractivity contribution in [2.75, 3.05) is 6.61 Å². The van der Waals surface area contributed by atoms with E-state index in [0.29, 0.717) is 0 Å². The van der Waals surface area contributed by atoms with E-state index in [1.54, 1.807) is 11.3 Å². The van der Waals surface area contributed by atoms with Gasteiger partial charge < -0.3 is 5.11 Å². The Labute approximate surface area is 110 Å². The molecular weight excluding hydrogens is 252 g/mol. The third-order valence-electron chi connectivity index (χ3n) is 2.35. The third kappa shape index (κ3) is 3.70. The van der Waals surface area contributed by atoms with Crippen molar-refractivity contribution in [3.8, 4) is 0 Å². The molecule has 0 saturated heterocycles. The number of aliphatic hydroxyl groups is 1. The summed E-state index contributed by atoms with van der Waals surface area (Å²) in [4.78, 5) is 1.21. The molecule has 0 aliphatic heterocycles. The SMILES string of the molecule is OCCc1cc(C=Cc2cccc(Cl)c2)cs1. The molecule has 0 unspecified atom stereocenters. The standard InChI is InChI=1S/C14H13ClOS/c15-13-3-1-2-11(8-13)4-5-12-9-14(6-7-16)17-10-12/h1-5,8-10,16H,6-7H2. The monoisotopic (exact) mass is 264 g/mol. The fourth-order valence-corrected chi connectivity index (χ4v) is 2.58. The molecule has 2 rings (SSSR count). The fraction of sp³-hybridized carbons (Fsp3) is 0.143. The van der Waals surface area contributed by atoms with Crippen molar-refractivity contribution in [2.45, 2.75) is 6.42 Å². The lowest BCUT2D eigenvalue weighted by Gasteiger charge is -1.93. The maximum absolute atomic E-state index is 8.84. The van der Waals surface area contributed by atoms with E-state index in [1.165, 1.54) is 10.4 Å². The van der Waals surface area contributed by atoms with Gasteiger partial charge in [-0.3, -0.25) is 0 Å². The van der Waals surface area contributed by atoms with E-state index >= 15 is 0 Å². The van der Waals surface area contributed by atoms with Crippen LogP contribution in [-0.2, 0) is 6.42 Å². The first-order chi connectivity index (χ1) is 8.28. The summed E-state index contributed by atoms with van der Waals surface area (Å²) in [5.41, 5.74) is 2.26. The van der Waals surface area contributed by atoms with E-state index in [0.717, 1.165) is 17.0 Å². The molecule has 1 heterocycles. The van der Waals surface area contributed by atoms with Crippen LogP contribution in [0.15, 0.2) is 35.7 Å². The molecule has 0 amide bonds. The molecule has 0 atom stereocenters. The van der Waals surface area contributed by atoms with Crippen LogP contribution >= 0.6 is 22.9 Å². The normalized spacial score (nSPS) is 11.2. The van der Waals surface area contributed by atoms with Gasteiger partial charge >= 0.3 is 0 Å². The van der Waals surface area contributed by atoms with E-state index in [9.17, 15) is 0 Å². The minimum absolute atomic E-state index is 0.206. The van der Waals surface area contributed by atoms with E-state index in [-0.39, 0.29) is 6.61 Å². The van der Waals surface area contributed by atoms with Crippen LogP contribution in [0.3, 0.4) is 0 Å². The molecule has 1 N–H and O–H groups in total. The average molecular weight is 265 g/mol. The van der Waals surface area contributed by atoms with E-state index < -0.39 is 0 Å². The van der Waals surface area contributed by atoms with Crippen molar-refractivity contribution in [3.05, 3.63) is 56.7 Å². The minimum atomic E-state index is 0.206. The van der Waals surface area contributed by atoms with E-state index in [2.05, 4.69) is 17.5 Å². The van der Waals surface area contributed by atoms with Gasteiger partial charge in [-0.05, 0) is 34.7 Å². The van der Waals surface area contributed by atoms with Gasteiger partial charge in [-0.2, -0.15) is 0 Å². The first kappa shape index (κ1) is 12.4. The maximum Gasteiger partial charge on any atom is 0.0479 e. The predicted molar refractivity (Wildman–Crippen MR) is 75.5 cm³/mol. The van der Waals surface area contributed by atoms with E-state index in [4.69, 9.17) is 16.7 Å². The van der Waals surface area contributed by atoms with Gasteiger partial charge in [-0.15, -0.1) is 11.3 Å². The van der Waals surface area contributed by atoms with Crippen LogP contribution < -0.4 is 0 Å². The summed E-state index contributed by atoms with van der Waals surface area (Å²) in [5, 5.41) is 11.7. The Morgan fingerprint density at radius 3 is 2.76 bits per heavy atom. The predicted octanol–water partition coefficient (Wildman–Crippen LogP) is 4.11. The van der Waals surface area contributed by atoms with Crippen LogP contribution in [-0.4, -0.2) is 11.7 Å². The highest BCUT2D eigenvalue weighted by Gasteiger charge is 1.96. The summed E-state index contributed by atoms with van der Waals surface area (Å²) in [6.45, 7) is 0.206. The Morgan fingerprint density at radius 2 is 2.00 bits per heavy atom. The summed E-state index contributed by atoms with van der Waals surface area (Å²) in [6, 6.07) is 9.85. The quantitative estimate of drug-likeness (QED) is 0.881. The molecule has 0 saturated carbocycles. The van der Waals surface area contributed by atoms with Gasteiger partial charge in [0.05, 0.1) is 0 Å². The summed E-state index contributed by atoms with van der Waals surface area (Å²) >= 11 is 7.59. The molecule has 3 heteroatoms. The molecular formula is C14H13ClOS. The Bertz CT molecular complexity index is 516. The Morgan fingerprint density at radius 1 is 1.18 bits per heavy atom. The van der Waals surface area contributed by atoms with Crippen molar-refractivity contribution >= 4 is 35.1 Å². The van der Waals surface area contributed by atoms with Gasteiger partial charge in [0.25, 0.3) is 0 Å². The first-order valence-corrected chi connectivity index (χ1v) is 6.65. The average Bonchev–Trinajstić information content (AvgIpc) is 2.75. The molecule has 0 bridgehead atoms. The van der Waals surface area contributed by atoms with Gasteiger partial charge in [-0.1, -0.05) is 35.9 Å². The molecule has 0 aliphatic carbocycles. The number of rotatable bonds is 4. The number of aliphatic hydroxyl groups excluding tert-OH is 1. The molecule has 0 fully saturated rings. The smallest absolute Gasteiger partial charge is 0.0479 e. The van der Waals surface area contributed by atoms with Crippen molar-refractivity contribution < 1.29 is 5.11 Å². The zero-order chi connectivity index (χ0) is 12.1. The Kier molecular flexibility index (Phi) is 4.37. The minimum Gasteiger partial charge on any atom is -0.396 e. The number of benzene rings is 1. The van der Waals surface area contributed by atoms with Crippen LogP contribution in [0, 0.1) is 0 Å². The summed E-state index contributed by atoms with van der Waals surface area (Å²) in [6.07, 6.45) is 4.83. The number of hydrogen-bond acceptors (Lipinski definition) is 2.